The van der Waals surface area contributed by atoms with Crippen LogP contribution < -0.4 is 5.32 Å². The monoisotopic (exact) mass is 549 g/mol. The highest BCUT2D eigenvalue weighted by Crippen LogP contribution is 2.22. The largest absolute Gasteiger partial charge is 0.478 e. The van der Waals surface area contributed by atoms with Gasteiger partial charge in [-0.2, -0.15) is 0 Å². The molecule has 0 spiro atoms. The third-order valence-corrected chi connectivity index (χ3v) is 5.66. The molecule has 0 saturated heterocycles. The van der Waals surface area contributed by atoms with Crippen LogP contribution in [0.1, 0.15) is 47.0 Å². The van der Waals surface area contributed by atoms with Crippen molar-refractivity contribution in [2.75, 3.05) is 26.1 Å². The van der Waals surface area contributed by atoms with E-state index in [1.807, 2.05) is 0 Å². The van der Waals surface area contributed by atoms with E-state index in [-0.39, 0.29) is 29.8 Å². The van der Waals surface area contributed by atoms with Gasteiger partial charge in [0.05, 0.1) is 41.4 Å². The summed E-state index contributed by atoms with van der Waals surface area (Å²) in [4.78, 5) is 74.1. The number of nitrogens with one attached hydrogen (secondary N) is 1. The van der Waals surface area contributed by atoms with Gasteiger partial charge in [-0.1, -0.05) is 30.3 Å². The number of nitro groups is 1. The Bertz CT molecular complexity index is 1450. The van der Waals surface area contributed by atoms with Crippen LogP contribution in [0, 0.1) is 10.1 Å². The van der Waals surface area contributed by atoms with Gasteiger partial charge in [-0.25, -0.2) is 19.2 Å². The molecule has 3 aromatic rings. The number of anilines is 1. The minimum Gasteiger partial charge on any atom is -0.478 e. The Labute approximate surface area is 227 Å². The van der Waals surface area contributed by atoms with E-state index < -0.39 is 51.6 Å². The Morgan fingerprint density at radius 2 is 1.48 bits per heavy atom. The van der Waals surface area contributed by atoms with Crippen LogP contribution in [-0.2, 0) is 15.9 Å². The molecule has 3 rings (SSSR count). The number of methoxy groups -OCH3 is 2. The van der Waals surface area contributed by atoms with Crippen molar-refractivity contribution in [2.45, 2.75) is 6.42 Å². The summed E-state index contributed by atoms with van der Waals surface area (Å²) >= 11 is 0. The zero-order valence-electron chi connectivity index (χ0n) is 21.3. The number of urea groups is 1. The predicted molar refractivity (Wildman–Crippen MR) is 139 cm³/mol. The lowest BCUT2D eigenvalue weighted by Crippen LogP contribution is -2.42. The highest BCUT2D eigenvalue weighted by atomic mass is 16.6. The lowest BCUT2D eigenvalue weighted by molar-refractivity contribution is -0.384. The Hall–Kier alpha value is -5.59. The van der Waals surface area contributed by atoms with E-state index in [0.29, 0.717) is 0 Å². The normalized spacial score (nSPS) is 10.2. The number of carboxylic acid groups (broad SMARTS) is 1. The second-order valence-corrected chi connectivity index (χ2v) is 8.20. The summed E-state index contributed by atoms with van der Waals surface area (Å²) in [6.45, 7) is -0.217. The summed E-state index contributed by atoms with van der Waals surface area (Å²) < 4.78 is 9.37. The minimum absolute atomic E-state index is 0.0621. The van der Waals surface area contributed by atoms with Crippen LogP contribution in [-0.4, -0.2) is 65.5 Å². The summed E-state index contributed by atoms with van der Waals surface area (Å²) in [6.07, 6.45) is 0.186. The maximum atomic E-state index is 13.5. The molecule has 0 aromatic heterocycles. The van der Waals surface area contributed by atoms with E-state index >= 15 is 0 Å². The SMILES string of the molecule is COC(=O)c1cc(NC(=O)N(CCc2ccccc2)C(=O)c2ccc([N+](=O)[O-])cc2C(=O)O)cc(C(=O)OC)c1. The molecular weight excluding hydrogens is 526 g/mol. The quantitative estimate of drug-likeness (QED) is 0.226. The van der Waals surface area contributed by atoms with Crippen LogP contribution in [0.25, 0.3) is 0 Å². The number of nitro benzene ring substituents is 1. The van der Waals surface area contributed by atoms with Gasteiger partial charge in [-0.3, -0.25) is 19.8 Å². The molecule has 13 nitrogen and oxygen atoms in total. The molecule has 3 amide bonds. The number of nitrogens with zero attached hydrogens (tertiary/aromatic N) is 2. The summed E-state index contributed by atoms with van der Waals surface area (Å²) in [7, 11) is 2.25. The molecule has 0 heterocycles. The zero-order valence-corrected chi connectivity index (χ0v) is 21.3. The molecule has 0 aliphatic rings. The van der Waals surface area contributed by atoms with Gasteiger partial charge in [0.25, 0.3) is 11.6 Å². The number of non-ortho nitro benzene ring substituents is 1. The van der Waals surface area contributed by atoms with Gasteiger partial charge in [0.1, 0.15) is 0 Å². The molecule has 0 aliphatic carbocycles. The first-order valence-electron chi connectivity index (χ1n) is 11.6. The van der Waals surface area contributed by atoms with Gasteiger partial charge in [-0.15, -0.1) is 0 Å². The lowest BCUT2D eigenvalue weighted by Gasteiger charge is -2.22. The number of amides is 3. The van der Waals surface area contributed by atoms with Crippen molar-refractivity contribution in [3.63, 3.8) is 0 Å². The summed E-state index contributed by atoms with van der Waals surface area (Å²) in [5.74, 6) is -4.27. The van der Waals surface area contributed by atoms with E-state index in [1.54, 1.807) is 30.3 Å². The number of esters is 2. The highest BCUT2D eigenvalue weighted by Gasteiger charge is 2.29. The molecule has 0 fully saturated rings. The van der Waals surface area contributed by atoms with E-state index in [1.165, 1.54) is 18.2 Å². The predicted octanol–water partition coefficient (Wildman–Crippen LogP) is 3.78. The van der Waals surface area contributed by atoms with Crippen LogP contribution in [0.3, 0.4) is 0 Å². The zero-order chi connectivity index (χ0) is 29.4. The number of hydrogen-bond acceptors (Lipinski definition) is 9. The van der Waals surface area contributed by atoms with E-state index in [4.69, 9.17) is 0 Å². The lowest BCUT2D eigenvalue weighted by atomic mass is 10.0. The number of carbonyl (C=O) groups excluding carboxylic acids is 4. The number of ether oxygens (including phenoxy) is 2. The molecule has 0 atom stereocenters. The number of benzene rings is 3. The van der Waals surface area contributed by atoms with Crippen LogP contribution in [0.5, 0.6) is 0 Å². The smallest absolute Gasteiger partial charge is 0.337 e. The molecule has 0 radical (unpaired) electrons. The number of rotatable bonds is 9. The molecule has 0 saturated carbocycles. The van der Waals surface area contributed by atoms with Crippen molar-refractivity contribution in [1.29, 1.82) is 0 Å². The Kier molecular flexibility index (Phi) is 9.25. The Morgan fingerprint density at radius 1 is 0.875 bits per heavy atom. The molecule has 0 bridgehead atoms. The van der Waals surface area contributed by atoms with Crippen LogP contribution in [0.2, 0.25) is 0 Å². The van der Waals surface area contributed by atoms with Crippen molar-refractivity contribution < 1.29 is 43.5 Å². The molecule has 13 heteroatoms. The Balaban J connectivity index is 2.03. The Morgan fingerprint density at radius 3 is 2.00 bits per heavy atom. The fraction of sp³-hybridized carbons (Fsp3) is 0.148. The maximum absolute atomic E-state index is 13.5. The van der Waals surface area contributed by atoms with Gasteiger partial charge in [0.2, 0.25) is 0 Å². The first kappa shape index (κ1) is 29.0. The summed E-state index contributed by atoms with van der Waals surface area (Å²) in [6, 6.07) is 14.1. The minimum atomic E-state index is -1.61. The van der Waals surface area contributed by atoms with E-state index in [0.717, 1.165) is 42.9 Å². The van der Waals surface area contributed by atoms with Gasteiger partial charge in [0.15, 0.2) is 0 Å². The van der Waals surface area contributed by atoms with E-state index in [2.05, 4.69) is 14.8 Å². The van der Waals surface area contributed by atoms with Crippen molar-refractivity contribution in [2.24, 2.45) is 0 Å². The number of carboxylic acids is 1. The van der Waals surface area contributed by atoms with E-state index in [9.17, 15) is 39.2 Å². The molecule has 3 aromatic carbocycles. The third-order valence-electron chi connectivity index (χ3n) is 5.66. The molecule has 40 heavy (non-hydrogen) atoms. The maximum Gasteiger partial charge on any atom is 0.337 e. The first-order chi connectivity index (χ1) is 19.0. The van der Waals surface area contributed by atoms with Crippen LogP contribution in [0.4, 0.5) is 16.2 Å². The standard InChI is InChI=1S/C27H23N3O10/c1-39-25(34)17-12-18(26(35)40-2)14-19(13-17)28-27(36)29(11-10-16-6-4-3-5-7-16)23(31)21-9-8-20(30(37)38)15-22(21)24(32)33/h3-9,12-15H,10-11H2,1-2H3,(H,28,36)(H,32,33). The highest BCUT2D eigenvalue weighted by molar-refractivity contribution is 6.12. The molecule has 0 unspecified atom stereocenters. The number of aromatic carboxylic acids is 1. The van der Waals surface area contributed by atoms with Crippen molar-refractivity contribution in [3.8, 4) is 0 Å². The van der Waals surface area contributed by atoms with Crippen molar-refractivity contribution in [3.05, 3.63) is 105 Å². The number of hydrogen-bond donors (Lipinski definition) is 2. The second-order valence-electron chi connectivity index (χ2n) is 8.20. The van der Waals surface area contributed by atoms with Crippen LogP contribution in [0.15, 0.2) is 66.7 Å². The number of carbonyl (C=O) groups is 5. The molecule has 206 valence electrons. The fourth-order valence-electron chi connectivity index (χ4n) is 3.70. The molecule has 2 N–H and O–H groups in total. The van der Waals surface area contributed by atoms with Gasteiger partial charge < -0.3 is 19.9 Å². The fourth-order valence-corrected chi connectivity index (χ4v) is 3.70. The molecular formula is C27H23N3O10. The van der Waals surface area contributed by atoms with Gasteiger partial charge in [-0.05, 0) is 36.2 Å². The van der Waals surface area contributed by atoms with Gasteiger partial charge >= 0.3 is 23.9 Å². The average molecular weight is 549 g/mol. The topological polar surface area (TPSA) is 182 Å². The second kappa shape index (κ2) is 12.8. The average Bonchev–Trinajstić information content (AvgIpc) is 2.96. The third kappa shape index (κ3) is 6.83. The summed E-state index contributed by atoms with van der Waals surface area (Å²) in [5.41, 5.74) is -1.16. The van der Waals surface area contributed by atoms with Crippen molar-refractivity contribution >= 4 is 41.2 Å². The first-order valence-corrected chi connectivity index (χ1v) is 11.6. The number of imide groups is 1. The van der Waals surface area contributed by atoms with Crippen LogP contribution >= 0.6 is 0 Å². The molecule has 0 aliphatic heterocycles. The van der Waals surface area contributed by atoms with Gasteiger partial charge in [0, 0.05) is 24.4 Å². The van der Waals surface area contributed by atoms with Crippen molar-refractivity contribution in [1.82, 2.24) is 4.90 Å². The summed E-state index contributed by atoms with van der Waals surface area (Å²) in [5, 5.41) is 23.2.